The molecule has 124 valence electrons. The summed E-state index contributed by atoms with van der Waals surface area (Å²) in [6.45, 7) is 3.86. The van der Waals surface area contributed by atoms with E-state index in [-0.39, 0.29) is 33.0 Å². The maximum atomic E-state index is 8.71. The number of ether oxygens (including phenoxy) is 2. The van der Waals surface area contributed by atoms with Gasteiger partial charge in [0, 0.05) is 0 Å². The SMILES string of the molecule is CC(O)COCC(O)CO.CC1CO1.OCC(O)CO. The molecule has 1 saturated heterocycles. The first-order chi connectivity index (χ1) is 9.37. The zero-order valence-corrected chi connectivity index (χ0v) is 12.1. The molecule has 1 fully saturated rings. The van der Waals surface area contributed by atoms with Gasteiger partial charge in [0.2, 0.25) is 0 Å². The molecule has 1 aliphatic heterocycles. The third-order valence-corrected chi connectivity index (χ3v) is 1.80. The van der Waals surface area contributed by atoms with Gasteiger partial charge in [0.05, 0.1) is 51.8 Å². The van der Waals surface area contributed by atoms with Crippen molar-refractivity contribution in [2.75, 3.05) is 39.6 Å². The lowest BCUT2D eigenvalue weighted by Gasteiger charge is -2.08. The highest BCUT2D eigenvalue weighted by Crippen LogP contribution is 2.04. The molecule has 0 bridgehead atoms. The minimum atomic E-state index is -0.954. The summed E-state index contributed by atoms with van der Waals surface area (Å²) in [4.78, 5) is 0. The Balaban J connectivity index is 0. The Morgan fingerprint density at radius 1 is 1.00 bits per heavy atom. The van der Waals surface area contributed by atoms with E-state index in [1.807, 2.05) is 0 Å². The summed E-state index contributed by atoms with van der Waals surface area (Å²) >= 11 is 0. The van der Waals surface area contributed by atoms with Gasteiger partial charge in [-0.3, -0.25) is 0 Å². The third kappa shape index (κ3) is 22.8. The highest BCUT2D eigenvalue weighted by molar-refractivity contribution is 4.58. The molecule has 0 aliphatic carbocycles. The molecule has 0 aromatic carbocycles. The Labute approximate surface area is 119 Å². The summed E-state index contributed by atoms with van der Waals surface area (Å²) < 4.78 is 9.50. The number of rotatable bonds is 7. The highest BCUT2D eigenvalue weighted by Gasteiger charge is 2.13. The third-order valence-electron chi connectivity index (χ3n) is 1.80. The molecule has 8 heteroatoms. The van der Waals surface area contributed by atoms with Crippen LogP contribution in [-0.2, 0) is 9.47 Å². The smallest absolute Gasteiger partial charge is 0.100 e. The number of epoxide rings is 1. The largest absolute Gasteiger partial charge is 0.394 e. The Morgan fingerprint density at radius 3 is 1.60 bits per heavy atom. The van der Waals surface area contributed by atoms with Crippen molar-refractivity contribution in [3.05, 3.63) is 0 Å². The summed E-state index contributed by atoms with van der Waals surface area (Å²) in [7, 11) is 0. The van der Waals surface area contributed by atoms with Crippen LogP contribution < -0.4 is 0 Å². The standard InChI is InChI=1S/C6H14O4.C3H8O3.C3H6O/c1-5(8)3-10-4-6(9)2-7;4-1-3(6)2-5;1-3-2-4-3/h5-9H,2-4H2,1H3;3-6H,1-2H2;3H,2H2,1H3. The van der Waals surface area contributed by atoms with Crippen molar-refractivity contribution in [2.24, 2.45) is 0 Å². The molecule has 1 heterocycles. The molecule has 1 aliphatic rings. The molecule has 0 radical (unpaired) electrons. The van der Waals surface area contributed by atoms with Crippen LogP contribution in [0.2, 0.25) is 0 Å². The van der Waals surface area contributed by atoms with E-state index in [4.69, 9.17) is 40.1 Å². The predicted octanol–water partition coefficient (Wildman–Crippen LogP) is -2.53. The molecule has 8 nitrogen and oxygen atoms in total. The van der Waals surface area contributed by atoms with Crippen LogP contribution in [0.5, 0.6) is 0 Å². The number of aliphatic hydroxyl groups is 6. The van der Waals surface area contributed by atoms with E-state index in [2.05, 4.69) is 6.92 Å². The molecule has 20 heavy (non-hydrogen) atoms. The van der Waals surface area contributed by atoms with Gasteiger partial charge in [0.15, 0.2) is 0 Å². The van der Waals surface area contributed by atoms with Gasteiger partial charge in [0.1, 0.15) is 12.2 Å². The minimum Gasteiger partial charge on any atom is -0.394 e. The summed E-state index contributed by atoms with van der Waals surface area (Å²) in [6.07, 6.45) is -1.73. The zero-order chi connectivity index (χ0) is 16.0. The predicted molar refractivity (Wildman–Crippen MR) is 71.2 cm³/mol. The molecule has 3 atom stereocenters. The van der Waals surface area contributed by atoms with Crippen LogP contribution in [0.25, 0.3) is 0 Å². The van der Waals surface area contributed by atoms with E-state index in [0.29, 0.717) is 6.10 Å². The Hall–Kier alpha value is -0.320. The van der Waals surface area contributed by atoms with Crippen LogP contribution >= 0.6 is 0 Å². The lowest BCUT2D eigenvalue weighted by molar-refractivity contribution is -0.0201. The van der Waals surface area contributed by atoms with Crippen LogP contribution in [0.15, 0.2) is 0 Å². The molecular formula is C12H28O8. The lowest BCUT2D eigenvalue weighted by atomic mass is 10.4. The van der Waals surface area contributed by atoms with Crippen LogP contribution in [0, 0.1) is 0 Å². The molecule has 3 unspecified atom stereocenters. The number of hydrogen-bond acceptors (Lipinski definition) is 8. The lowest BCUT2D eigenvalue weighted by Crippen LogP contribution is -2.22. The maximum absolute atomic E-state index is 8.71. The molecule has 1 rings (SSSR count). The average Bonchev–Trinajstić information content (AvgIpc) is 3.21. The molecule has 0 amide bonds. The Morgan fingerprint density at radius 2 is 1.40 bits per heavy atom. The maximum Gasteiger partial charge on any atom is 0.100 e. The van der Waals surface area contributed by atoms with Crippen molar-refractivity contribution < 1.29 is 40.1 Å². The van der Waals surface area contributed by atoms with Crippen LogP contribution in [0.3, 0.4) is 0 Å². The van der Waals surface area contributed by atoms with Crippen LogP contribution in [0.1, 0.15) is 13.8 Å². The van der Waals surface area contributed by atoms with Gasteiger partial charge in [-0.1, -0.05) is 0 Å². The molecule has 0 aromatic heterocycles. The topological polar surface area (TPSA) is 143 Å². The van der Waals surface area contributed by atoms with Crippen LogP contribution in [0.4, 0.5) is 0 Å². The summed E-state index contributed by atoms with van der Waals surface area (Å²) in [5.74, 6) is 0. The summed E-state index contributed by atoms with van der Waals surface area (Å²) in [5, 5.41) is 49.7. The molecule has 0 aromatic rings. The first kappa shape index (κ1) is 22.0. The zero-order valence-electron chi connectivity index (χ0n) is 12.1. The summed E-state index contributed by atoms with van der Waals surface area (Å²) in [6, 6.07) is 0. The number of hydrogen-bond donors (Lipinski definition) is 6. The van der Waals surface area contributed by atoms with Gasteiger partial charge in [-0.25, -0.2) is 0 Å². The Bertz CT molecular complexity index is 182. The van der Waals surface area contributed by atoms with E-state index >= 15 is 0 Å². The Kier molecular flexibility index (Phi) is 16.6. The van der Waals surface area contributed by atoms with Crippen molar-refractivity contribution in [1.82, 2.24) is 0 Å². The summed E-state index contributed by atoms with van der Waals surface area (Å²) in [5.41, 5.74) is 0. The quantitative estimate of drug-likeness (QED) is 0.283. The molecule has 0 saturated carbocycles. The van der Waals surface area contributed by atoms with Gasteiger partial charge < -0.3 is 40.1 Å². The van der Waals surface area contributed by atoms with Gasteiger partial charge in [-0.05, 0) is 13.8 Å². The number of aliphatic hydroxyl groups excluding tert-OH is 6. The van der Waals surface area contributed by atoms with Crippen molar-refractivity contribution in [3.8, 4) is 0 Å². The fourth-order valence-electron chi connectivity index (χ4n) is 0.581. The average molecular weight is 300 g/mol. The van der Waals surface area contributed by atoms with Gasteiger partial charge in [-0.15, -0.1) is 0 Å². The van der Waals surface area contributed by atoms with Crippen molar-refractivity contribution in [2.45, 2.75) is 38.3 Å². The molecular weight excluding hydrogens is 272 g/mol. The van der Waals surface area contributed by atoms with E-state index in [1.54, 1.807) is 6.92 Å². The van der Waals surface area contributed by atoms with E-state index in [9.17, 15) is 0 Å². The van der Waals surface area contributed by atoms with E-state index in [0.717, 1.165) is 6.61 Å². The van der Waals surface area contributed by atoms with Crippen molar-refractivity contribution in [3.63, 3.8) is 0 Å². The monoisotopic (exact) mass is 300 g/mol. The highest BCUT2D eigenvalue weighted by atomic mass is 16.6. The molecule has 0 spiro atoms. The fourth-order valence-corrected chi connectivity index (χ4v) is 0.581. The van der Waals surface area contributed by atoms with E-state index in [1.165, 1.54) is 0 Å². The normalized spacial score (nSPS) is 19.4. The first-order valence-electron chi connectivity index (χ1n) is 6.43. The minimum absolute atomic E-state index is 0.0708. The van der Waals surface area contributed by atoms with Gasteiger partial charge in [0.25, 0.3) is 0 Å². The first-order valence-corrected chi connectivity index (χ1v) is 6.43. The van der Waals surface area contributed by atoms with Gasteiger partial charge >= 0.3 is 0 Å². The van der Waals surface area contributed by atoms with E-state index < -0.39 is 18.3 Å². The van der Waals surface area contributed by atoms with Gasteiger partial charge in [-0.2, -0.15) is 0 Å². The second-order valence-electron chi connectivity index (χ2n) is 4.39. The van der Waals surface area contributed by atoms with Crippen molar-refractivity contribution in [1.29, 1.82) is 0 Å². The second-order valence-corrected chi connectivity index (χ2v) is 4.39. The fraction of sp³-hybridized carbons (Fsp3) is 1.00. The molecule has 6 N–H and O–H groups in total. The second kappa shape index (κ2) is 15.1. The van der Waals surface area contributed by atoms with Crippen LogP contribution in [-0.4, -0.2) is 94.7 Å². The van der Waals surface area contributed by atoms with Crippen molar-refractivity contribution >= 4 is 0 Å².